The van der Waals surface area contributed by atoms with Crippen LogP contribution in [0, 0.1) is 6.92 Å². The normalized spacial score (nSPS) is 12.5. The maximum Gasteiger partial charge on any atom is 0.0855 e. The predicted octanol–water partition coefficient (Wildman–Crippen LogP) is 3.26. The minimum Gasteiger partial charge on any atom is -0.376 e. The van der Waals surface area contributed by atoms with E-state index in [2.05, 4.69) is 37.8 Å². The minimum atomic E-state index is 0.151. The molecule has 0 aromatic heterocycles. The molecule has 0 saturated carbocycles. The fourth-order valence-corrected chi connectivity index (χ4v) is 1.30. The Morgan fingerprint density at radius 3 is 2.46 bits per heavy atom. The number of benzene rings is 1. The van der Waals surface area contributed by atoms with E-state index in [1.165, 1.54) is 11.1 Å². The summed E-state index contributed by atoms with van der Waals surface area (Å²) in [7, 11) is 1.73. The van der Waals surface area contributed by atoms with Crippen molar-refractivity contribution in [2.45, 2.75) is 19.4 Å². The first-order valence-electron chi connectivity index (χ1n) is 4.48. The molecule has 0 aliphatic heterocycles. The molecule has 1 heteroatoms. The highest BCUT2D eigenvalue weighted by atomic mass is 16.5. The molecule has 0 radical (unpaired) electrons. The molecule has 70 valence electrons. The van der Waals surface area contributed by atoms with Crippen LogP contribution < -0.4 is 0 Å². The Morgan fingerprint density at radius 1 is 1.38 bits per heavy atom. The lowest BCUT2D eigenvalue weighted by Gasteiger charge is -2.13. The zero-order valence-corrected chi connectivity index (χ0v) is 8.29. The topological polar surface area (TPSA) is 9.23 Å². The Labute approximate surface area is 80.0 Å². The van der Waals surface area contributed by atoms with Gasteiger partial charge in [0.05, 0.1) is 6.10 Å². The third kappa shape index (κ3) is 2.71. The molecule has 1 nitrogen and oxygen atoms in total. The van der Waals surface area contributed by atoms with Gasteiger partial charge in [0.25, 0.3) is 0 Å². The number of aryl methyl sites for hydroxylation is 1. The van der Waals surface area contributed by atoms with Crippen molar-refractivity contribution >= 4 is 0 Å². The Bertz CT molecular complexity index is 261. The Kier molecular flexibility index (Phi) is 3.71. The molecule has 0 N–H and O–H groups in total. The zero-order chi connectivity index (χ0) is 9.68. The van der Waals surface area contributed by atoms with Gasteiger partial charge >= 0.3 is 0 Å². The highest BCUT2D eigenvalue weighted by Gasteiger charge is 2.06. The van der Waals surface area contributed by atoms with Gasteiger partial charge in [-0.05, 0) is 18.9 Å². The minimum absolute atomic E-state index is 0.151. The van der Waals surface area contributed by atoms with Crippen LogP contribution in [0.2, 0.25) is 0 Å². The lowest BCUT2D eigenvalue weighted by Crippen LogP contribution is -1.99. The number of hydrogen-bond acceptors (Lipinski definition) is 1. The van der Waals surface area contributed by atoms with Crippen LogP contribution in [0.5, 0.6) is 0 Å². The molecule has 1 aromatic carbocycles. The summed E-state index contributed by atoms with van der Waals surface area (Å²) < 4.78 is 5.35. The zero-order valence-electron chi connectivity index (χ0n) is 8.29. The maximum atomic E-state index is 5.35. The standard InChI is InChI=1S/C12H16O/c1-4-5-12(13-3)11-8-6-10(2)7-9-11/h4,6-9,12H,1,5H2,2-3H3. The van der Waals surface area contributed by atoms with Crippen LogP contribution in [-0.2, 0) is 4.74 Å². The van der Waals surface area contributed by atoms with Crippen LogP contribution in [0.3, 0.4) is 0 Å². The van der Waals surface area contributed by atoms with Crippen LogP contribution in [0.25, 0.3) is 0 Å². The van der Waals surface area contributed by atoms with Gasteiger partial charge in [-0.15, -0.1) is 6.58 Å². The van der Waals surface area contributed by atoms with Crippen molar-refractivity contribution in [3.63, 3.8) is 0 Å². The molecular weight excluding hydrogens is 160 g/mol. The van der Waals surface area contributed by atoms with Crippen LogP contribution in [-0.4, -0.2) is 7.11 Å². The first-order valence-corrected chi connectivity index (χ1v) is 4.48. The molecular formula is C12H16O. The van der Waals surface area contributed by atoms with Crippen LogP contribution in [0.15, 0.2) is 36.9 Å². The van der Waals surface area contributed by atoms with Crippen molar-refractivity contribution in [2.24, 2.45) is 0 Å². The molecule has 0 aliphatic rings. The molecule has 1 atom stereocenters. The SMILES string of the molecule is C=CCC(OC)c1ccc(C)cc1. The second-order valence-electron chi connectivity index (χ2n) is 3.16. The predicted molar refractivity (Wildman–Crippen MR) is 55.7 cm³/mol. The van der Waals surface area contributed by atoms with Crippen molar-refractivity contribution < 1.29 is 4.74 Å². The first-order chi connectivity index (χ1) is 6.27. The quantitative estimate of drug-likeness (QED) is 0.640. The largest absolute Gasteiger partial charge is 0.376 e. The van der Waals surface area contributed by atoms with Crippen molar-refractivity contribution in [1.82, 2.24) is 0 Å². The van der Waals surface area contributed by atoms with E-state index in [1.807, 2.05) is 6.08 Å². The summed E-state index contributed by atoms with van der Waals surface area (Å²) in [5.41, 5.74) is 2.49. The fraction of sp³-hybridized carbons (Fsp3) is 0.333. The molecule has 0 fully saturated rings. The van der Waals surface area contributed by atoms with E-state index in [9.17, 15) is 0 Å². The molecule has 0 spiro atoms. The van der Waals surface area contributed by atoms with E-state index in [4.69, 9.17) is 4.74 Å². The van der Waals surface area contributed by atoms with Gasteiger partial charge in [0, 0.05) is 7.11 Å². The monoisotopic (exact) mass is 176 g/mol. The average Bonchev–Trinajstić information content (AvgIpc) is 2.16. The summed E-state index contributed by atoms with van der Waals surface area (Å²) >= 11 is 0. The third-order valence-corrected chi connectivity index (χ3v) is 2.11. The smallest absolute Gasteiger partial charge is 0.0855 e. The molecule has 0 amide bonds. The van der Waals surface area contributed by atoms with Crippen molar-refractivity contribution in [2.75, 3.05) is 7.11 Å². The second-order valence-corrected chi connectivity index (χ2v) is 3.16. The summed E-state index contributed by atoms with van der Waals surface area (Å²) in [6.45, 7) is 5.79. The van der Waals surface area contributed by atoms with Gasteiger partial charge in [0.15, 0.2) is 0 Å². The highest BCUT2D eigenvalue weighted by Crippen LogP contribution is 2.20. The van der Waals surface area contributed by atoms with E-state index < -0.39 is 0 Å². The number of ether oxygens (including phenoxy) is 1. The lowest BCUT2D eigenvalue weighted by molar-refractivity contribution is 0.106. The molecule has 1 rings (SSSR count). The lowest BCUT2D eigenvalue weighted by atomic mass is 10.1. The van der Waals surface area contributed by atoms with E-state index in [-0.39, 0.29) is 6.10 Å². The van der Waals surface area contributed by atoms with Gasteiger partial charge in [-0.25, -0.2) is 0 Å². The van der Waals surface area contributed by atoms with Crippen LogP contribution >= 0.6 is 0 Å². The molecule has 1 aromatic rings. The summed E-state index contributed by atoms with van der Waals surface area (Å²) in [6.07, 6.45) is 2.89. The van der Waals surface area contributed by atoms with Gasteiger partial charge in [0.1, 0.15) is 0 Å². The van der Waals surface area contributed by atoms with E-state index in [0.717, 1.165) is 6.42 Å². The number of methoxy groups -OCH3 is 1. The second kappa shape index (κ2) is 4.83. The van der Waals surface area contributed by atoms with Crippen molar-refractivity contribution in [3.8, 4) is 0 Å². The number of rotatable bonds is 4. The molecule has 0 aliphatic carbocycles. The van der Waals surface area contributed by atoms with E-state index in [1.54, 1.807) is 7.11 Å². The van der Waals surface area contributed by atoms with E-state index in [0.29, 0.717) is 0 Å². The Balaban J connectivity index is 2.78. The molecule has 0 bridgehead atoms. The van der Waals surface area contributed by atoms with E-state index >= 15 is 0 Å². The van der Waals surface area contributed by atoms with Gasteiger partial charge in [-0.2, -0.15) is 0 Å². The number of hydrogen-bond donors (Lipinski definition) is 0. The summed E-state index contributed by atoms with van der Waals surface area (Å²) in [6, 6.07) is 8.41. The van der Waals surface area contributed by atoms with Gasteiger partial charge < -0.3 is 4.74 Å². The maximum absolute atomic E-state index is 5.35. The summed E-state index contributed by atoms with van der Waals surface area (Å²) in [5.74, 6) is 0. The third-order valence-electron chi connectivity index (χ3n) is 2.11. The molecule has 1 unspecified atom stereocenters. The fourth-order valence-electron chi connectivity index (χ4n) is 1.30. The molecule has 13 heavy (non-hydrogen) atoms. The summed E-state index contributed by atoms with van der Waals surface area (Å²) in [5, 5.41) is 0. The van der Waals surface area contributed by atoms with Crippen LogP contribution in [0.4, 0.5) is 0 Å². The first kappa shape index (κ1) is 10.0. The van der Waals surface area contributed by atoms with Crippen molar-refractivity contribution in [3.05, 3.63) is 48.0 Å². The van der Waals surface area contributed by atoms with Gasteiger partial charge in [-0.1, -0.05) is 35.9 Å². The van der Waals surface area contributed by atoms with Crippen LogP contribution in [0.1, 0.15) is 23.7 Å². The molecule has 0 heterocycles. The highest BCUT2D eigenvalue weighted by molar-refractivity contribution is 5.23. The summed E-state index contributed by atoms with van der Waals surface area (Å²) in [4.78, 5) is 0. The Morgan fingerprint density at radius 2 is 2.00 bits per heavy atom. The molecule has 0 saturated heterocycles. The van der Waals surface area contributed by atoms with Gasteiger partial charge in [0.2, 0.25) is 0 Å². The average molecular weight is 176 g/mol. The van der Waals surface area contributed by atoms with Gasteiger partial charge in [-0.3, -0.25) is 0 Å². The van der Waals surface area contributed by atoms with Crippen molar-refractivity contribution in [1.29, 1.82) is 0 Å². The Hall–Kier alpha value is -1.08.